The van der Waals surface area contributed by atoms with Crippen LogP contribution in [0.4, 0.5) is 0 Å². The zero-order chi connectivity index (χ0) is 12.7. The van der Waals surface area contributed by atoms with E-state index in [0.29, 0.717) is 5.33 Å². The Kier molecular flexibility index (Phi) is 6.12. The Labute approximate surface area is 111 Å². The maximum atomic E-state index is 11.3. The summed E-state index contributed by atoms with van der Waals surface area (Å²) < 4.78 is 0. The molecule has 0 radical (unpaired) electrons. The molecule has 1 aliphatic rings. The molecule has 2 atom stereocenters. The van der Waals surface area contributed by atoms with E-state index in [0.717, 1.165) is 44.9 Å². The molecule has 2 N–H and O–H groups in total. The van der Waals surface area contributed by atoms with Gasteiger partial charge < -0.3 is 15.4 Å². The SMILES string of the molecule is CNCC1(C=O)CCCC(NC(=O)CBr)CC1. The molecule has 1 aliphatic carbocycles. The van der Waals surface area contributed by atoms with Crippen LogP contribution in [0.15, 0.2) is 0 Å². The highest BCUT2D eigenvalue weighted by Gasteiger charge is 2.32. The molecule has 0 aromatic heterocycles. The molecule has 0 aromatic rings. The zero-order valence-corrected chi connectivity index (χ0v) is 11.9. The summed E-state index contributed by atoms with van der Waals surface area (Å²) in [6.45, 7) is 0.732. The molecule has 0 heterocycles. The summed E-state index contributed by atoms with van der Waals surface area (Å²) in [7, 11) is 1.88. The van der Waals surface area contributed by atoms with Gasteiger partial charge in [0, 0.05) is 18.0 Å². The Morgan fingerprint density at radius 2 is 2.24 bits per heavy atom. The fraction of sp³-hybridized carbons (Fsp3) is 0.833. The second-order valence-corrected chi connectivity index (χ2v) is 5.40. The van der Waals surface area contributed by atoms with E-state index in [9.17, 15) is 9.59 Å². The van der Waals surface area contributed by atoms with E-state index in [1.807, 2.05) is 7.05 Å². The molecule has 1 amide bonds. The summed E-state index contributed by atoms with van der Waals surface area (Å²) in [5, 5.41) is 6.43. The normalized spacial score (nSPS) is 29.4. The van der Waals surface area contributed by atoms with Crippen molar-refractivity contribution < 1.29 is 9.59 Å². The van der Waals surface area contributed by atoms with Crippen LogP contribution >= 0.6 is 15.9 Å². The number of aldehydes is 1. The highest BCUT2D eigenvalue weighted by atomic mass is 79.9. The van der Waals surface area contributed by atoms with Gasteiger partial charge in [0.25, 0.3) is 0 Å². The minimum Gasteiger partial charge on any atom is -0.353 e. The van der Waals surface area contributed by atoms with Crippen LogP contribution in [0.5, 0.6) is 0 Å². The van der Waals surface area contributed by atoms with Crippen molar-refractivity contribution in [3.8, 4) is 0 Å². The first-order chi connectivity index (χ1) is 8.15. The summed E-state index contributed by atoms with van der Waals surface area (Å²) >= 11 is 3.14. The van der Waals surface area contributed by atoms with Crippen LogP contribution in [-0.2, 0) is 9.59 Å². The molecular weight excluding hydrogens is 284 g/mol. The molecule has 1 saturated carbocycles. The van der Waals surface area contributed by atoms with Crippen molar-refractivity contribution in [2.75, 3.05) is 18.9 Å². The molecule has 0 saturated heterocycles. The number of rotatable bonds is 5. The van der Waals surface area contributed by atoms with Gasteiger partial charge in [-0.1, -0.05) is 22.4 Å². The van der Waals surface area contributed by atoms with E-state index in [2.05, 4.69) is 26.6 Å². The van der Waals surface area contributed by atoms with Crippen LogP contribution in [0.1, 0.15) is 32.1 Å². The predicted molar refractivity (Wildman–Crippen MR) is 71.2 cm³/mol. The first-order valence-corrected chi connectivity index (χ1v) is 7.24. The lowest BCUT2D eigenvalue weighted by molar-refractivity contribution is -0.119. The lowest BCUT2D eigenvalue weighted by atomic mass is 9.82. The average Bonchev–Trinajstić information content (AvgIpc) is 2.53. The van der Waals surface area contributed by atoms with Gasteiger partial charge in [-0.15, -0.1) is 0 Å². The van der Waals surface area contributed by atoms with E-state index >= 15 is 0 Å². The number of amides is 1. The topological polar surface area (TPSA) is 58.2 Å². The molecule has 2 unspecified atom stereocenters. The Hall–Kier alpha value is -0.420. The van der Waals surface area contributed by atoms with Gasteiger partial charge in [-0.3, -0.25) is 4.79 Å². The molecule has 0 bridgehead atoms. The van der Waals surface area contributed by atoms with Crippen LogP contribution in [-0.4, -0.2) is 37.2 Å². The maximum Gasteiger partial charge on any atom is 0.230 e. The van der Waals surface area contributed by atoms with Gasteiger partial charge in [0.05, 0.1) is 5.33 Å². The maximum absolute atomic E-state index is 11.3. The second-order valence-electron chi connectivity index (χ2n) is 4.84. The van der Waals surface area contributed by atoms with Crippen molar-refractivity contribution in [2.24, 2.45) is 5.41 Å². The number of alkyl halides is 1. The number of carbonyl (C=O) groups excluding carboxylic acids is 2. The van der Waals surface area contributed by atoms with E-state index < -0.39 is 0 Å². The van der Waals surface area contributed by atoms with Gasteiger partial charge in [0.15, 0.2) is 0 Å². The molecule has 1 rings (SSSR count). The summed E-state index contributed by atoms with van der Waals surface area (Å²) in [6, 6.07) is 0.221. The van der Waals surface area contributed by atoms with E-state index in [1.54, 1.807) is 0 Å². The first kappa shape index (κ1) is 14.6. The van der Waals surface area contributed by atoms with Gasteiger partial charge in [-0.25, -0.2) is 0 Å². The Morgan fingerprint density at radius 3 is 2.82 bits per heavy atom. The van der Waals surface area contributed by atoms with Crippen LogP contribution in [0, 0.1) is 5.41 Å². The predicted octanol–water partition coefficient (Wildman–Crippen LogP) is 1.23. The molecule has 0 aromatic carbocycles. The first-order valence-electron chi connectivity index (χ1n) is 6.12. The third-order valence-electron chi connectivity index (χ3n) is 3.48. The molecule has 5 heteroatoms. The fourth-order valence-electron chi connectivity index (χ4n) is 2.53. The quantitative estimate of drug-likeness (QED) is 0.456. The molecule has 0 aliphatic heterocycles. The van der Waals surface area contributed by atoms with Gasteiger partial charge in [-0.2, -0.15) is 0 Å². The molecule has 98 valence electrons. The van der Waals surface area contributed by atoms with Crippen molar-refractivity contribution in [3.63, 3.8) is 0 Å². The van der Waals surface area contributed by atoms with Crippen LogP contribution < -0.4 is 10.6 Å². The van der Waals surface area contributed by atoms with Gasteiger partial charge in [-0.05, 0) is 32.7 Å². The molecule has 17 heavy (non-hydrogen) atoms. The monoisotopic (exact) mass is 304 g/mol. The smallest absolute Gasteiger partial charge is 0.230 e. The minimum absolute atomic E-state index is 0.0298. The van der Waals surface area contributed by atoms with Gasteiger partial charge >= 0.3 is 0 Å². The minimum atomic E-state index is -0.234. The van der Waals surface area contributed by atoms with Crippen molar-refractivity contribution in [3.05, 3.63) is 0 Å². The van der Waals surface area contributed by atoms with E-state index in [4.69, 9.17) is 0 Å². The Bertz CT molecular complexity index is 273. The van der Waals surface area contributed by atoms with Crippen molar-refractivity contribution in [1.29, 1.82) is 0 Å². The molecule has 1 fully saturated rings. The second kappa shape index (κ2) is 7.11. The molecular formula is C12H21BrN2O2. The van der Waals surface area contributed by atoms with Crippen LogP contribution in [0.3, 0.4) is 0 Å². The third kappa shape index (κ3) is 4.39. The Morgan fingerprint density at radius 1 is 1.47 bits per heavy atom. The number of hydrogen-bond acceptors (Lipinski definition) is 3. The zero-order valence-electron chi connectivity index (χ0n) is 10.3. The van der Waals surface area contributed by atoms with Crippen LogP contribution in [0.2, 0.25) is 0 Å². The summed E-state index contributed by atoms with van der Waals surface area (Å²) in [5.41, 5.74) is -0.234. The lowest BCUT2D eigenvalue weighted by Crippen LogP contribution is -2.36. The highest BCUT2D eigenvalue weighted by Crippen LogP contribution is 2.32. The van der Waals surface area contributed by atoms with Crippen molar-refractivity contribution >= 4 is 28.1 Å². The number of halogens is 1. The largest absolute Gasteiger partial charge is 0.353 e. The summed E-state index contributed by atoms with van der Waals surface area (Å²) in [4.78, 5) is 22.6. The summed E-state index contributed by atoms with van der Waals surface area (Å²) in [5.74, 6) is 0.0298. The third-order valence-corrected chi connectivity index (χ3v) is 3.99. The van der Waals surface area contributed by atoms with Crippen molar-refractivity contribution in [1.82, 2.24) is 10.6 Å². The average molecular weight is 305 g/mol. The van der Waals surface area contributed by atoms with Crippen molar-refractivity contribution in [2.45, 2.75) is 38.1 Å². The molecule has 0 spiro atoms. The van der Waals surface area contributed by atoms with E-state index in [1.165, 1.54) is 0 Å². The molecule has 4 nitrogen and oxygen atoms in total. The van der Waals surface area contributed by atoms with Crippen LogP contribution in [0.25, 0.3) is 0 Å². The summed E-state index contributed by atoms with van der Waals surface area (Å²) in [6.07, 6.45) is 5.71. The fourth-order valence-corrected chi connectivity index (χ4v) is 2.69. The Balaban J connectivity index is 2.53. The number of hydrogen-bond donors (Lipinski definition) is 2. The number of carbonyl (C=O) groups is 2. The lowest BCUT2D eigenvalue weighted by Gasteiger charge is -2.26. The van der Waals surface area contributed by atoms with Gasteiger partial charge in [0.2, 0.25) is 5.91 Å². The van der Waals surface area contributed by atoms with E-state index in [-0.39, 0.29) is 17.4 Å². The highest BCUT2D eigenvalue weighted by molar-refractivity contribution is 9.09. The van der Waals surface area contributed by atoms with Gasteiger partial charge in [0.1, 0.15) is 6.29 Å². The number of nitrogens with one attached hydrogen (secondary N) is 2. The standard InChI is InChI=1S/C12H21BrN2O2/c1-14-8-12(9-16)5-2-3-10(4-6-12)15-11(17)7-13/h9-10,14H,2-8H2,1H3,(H,15,17).